The van der Waals surface area contributed by atoms with Crippen molar-refractivity contribution in [2.45, 2.75) is 19.9 Å². The molecule has 17 heavy (non-hydrogen) atoms. The molecule has 1 amide bonds. The third-order valence-electron chi connectivity index (χ3n) is 2.48. The van der Waals surface area contributed by atoms with E-state index in [1.54, 1.807) is 10.7 Å². The van der Waals surface area contributed by atoms with Crippen molar-refractivity contribution in [2.75, 3.05) is 6.54 Å². The Morgan fingerprint density at radius 1 is 1.65 bits per heavy atom. The number of nitrogens with two attached hydrogens (primary N) is 1. The highest BCUT2D eigenvalue weighted by Gasteiger charge is 2.15. The van der Waals surface area contributed by atoms with Gasteiger partial charge in [0.2, 0.25) is 0 Å². The van der Waals surface area contributed by atoms with Gasteiger partial charge in [-0.1, -0.05) is 0 Å². The van der Waals surface area contributed by atoms with Crippen molar-refractivity contribution in [2.24, 2.45) is 5.73 Å². The lowest BCUT2D eigenvalue weighted by Crippen LogP contribution is -2.37. The van der Waals surface area contributed by atoms with E-state index in [2.05, 4.69) is 15.4 Å². The molecule has 0 aliphatic rings. The smallest absolute Gasteiger partial charge is 0.257 e. The van der Waals surface area contributed by atoms with E-state index in [1.807, 2.05) is 19.9 Å². The van der Waals surface area contributed by atoms with Gasteiger partial charge in [0.15, 0.2) is 5.65 Å². The van der Waals surface area contributed by atoms with Crippen LogP contribution >= 0.6 is 0 Å². The van der Waals surface area contributed by atoms with Gasteiger partial charge >= 0.3 is 0 Å². The van der Waals surface area contributed by atoms with E-state index < -0.39 is 0 Å². The number of fused-ring (bicyclic) bond motifs is 1. The van der Waals surface area contributed by atoms with Gasteiger partial charge in [0, 0.05) is 24.5 Å². The first-order valence-corrected chi connectivity index (χ1v) is 5.43. The van der Waals surface area contributed by atoms with Crippen molar-refractivity contribution in [3.05, 3.63) is 29.7 Å². The van der Waals surface area contributed by atoms with Crippen molar-refractivity contribution in [1.29, 1.82) is 0 Å². The summed E-state index contributed by atoms with van der Waals surface area (Å²) in [6.45, 7) is 4.12. The summed E-state index contributed by atoms with van der Waals surface area (Å²) in [5.74, 6) is -0.198. The molecule has 0 aromatic carbocycles. The number of carbonyl (C=O) groups excluding carboxylic acids is 1. The topological polar surface area (TPSA) is 85.3 Å². The molecule has 2 heterocycles. The monoisotopic (exact) mass is 233 g/mol. The maximum Gasteiger partial charge on any atom is 0.257 e. The Hall–Kier alpha value is -1.95. The zero-order chi connectivity index (χ0) is 12.4. The number of hydrogen-bond acceptors (Lipinski definition) is 4. The number of carbonyl (C=O) groups is 1. The summed E-state index contributed by atoms with van der Waals surface area (Å²) in [6.07, 6.45) is 3.29. The average molecular weight is 233 g/mol. The second-order valence-electron chi connectivity index (χ2n) is 4.01. The largest absolute Gasteiger partial charge is 0.348 e. The van der Waals surface area contributed by atoms with Crippen LogP contribution in [0.1, 0.15) is 23.0 Å². The minimum absolute atomic E-state index is 0.0674. The maximum atomic E-state index is 11.9. The Morgan fingerprint density at radius 3 is 3.12 bits per heavy atom. The molecule has 2 rings (SSSR count). The highest BCUT2D eigenvalue weighted by molar-refractivity contribution is 5.99. The second kappa shape index (κ2) is 4.50. The second-order valence-corrected chi connectivity index (χ2v) is 4.01. The van der Waals surface area contributed by atoms with Gasteiger partial charge in [-0.25, -0.2) is 9.50 Å². The van der Waals surface area contributed by atoms with Gasteiger partial charge in [0.25, 0.3) is 5.91 Å². The van der Waals surface area contributed by atoms with Crippen molar-refractivity contribution in [1.82, 2.24) is 19.9 Å². The number of hydrogen-bond donors (Lipinski definition) is 2. The number of nitrogens with one attached hydrogen (secondary N) is 1. The number of aryl methyl sites for hydroxylation is 1. The van der Waals surface area contributed by atoms with Gasteiger partial charge in [-0.2, -0.15) is 5.10 Å². The lowest BCUT2D eigenvalue weighted by molar-refractivity contribution is 0.0942. The van der Waals surface area contributed by atoms with Crippen molar-refractivity contribution >= 4 is 11.6 Å². The van der Waals surface area contributed by atoms with E-state index in [0.29, 0.717) is 17.8 Å². The van der Waals surface area contributed by atoms with Crippen LogP contribution in [0.15, 0.2) is 18.5 Å². The molecular formula is C11H15N5O. The molecule has 6 nitrogen and oxygen atoms in total. The number of amides is 1. The Balaban J connectivity index is 2.35. The molecule has 0 aliphatic carbocycles. The summed E-state index contributed by atoms with van der Waals surface area (Å²) in [6, 6.07) is 1.77. The molecule has 0 radical (unpaired) electrons. The molecule has 2 aromatic heterocycles. The van der Waals surface area contributed by atoms with Crippen LogP contribution in [0.4, 0.5) is 0 Å². The van der Waals surface area contributed by atoms with Gasteiger partial charge in [0.1, 0.15) is 5.56 Å². The van der Waals surface area contributed by atoms with Crippen LogP contribution in [0.5, 0.6) is 0 Å². The fraction of sp³-hybridized carbons (Fsp3) is 0.364. The molecule has 1 atom stereocenters. The van der Waals surface area contributed by atoms with Gasteiger partial charge in [-0.15, -0.1) is 0 Å². The van der Waals surface area contributed by atoms with Crippen molar-refractivity contribution in [3.8, 4) is 0 Å². The third-order valence-corrected chi connectivity index (χ3v) is 2.48. The minimum atomic E-state index is -0.198. The Morgan fingerprint density at radius 2 is 2.41 bits per heavy atom. The van der Waals surface area contributed by atoms with Gasteiger partial charge < -0.3 is 11.1 Å². The first-order valence-electron chi connectivity index (χ1n) is 5.43. The maximum absolute atomic E-state index is 11.9. The summed E-state index contributed by atoms with van der Waals surface area (Å²) < 4.78 is 1.58. The van der Waals surface area contributed by atoms with Crippen LogP contribution in [-0.4, -0.2) is 33.1 Å². The minimum Gasteiger partial charge on any atom is -0.348 e. The van der Waals surface area contributed by atoms with Crippen molar-refractivity contribution in [3.63, 3.8) is 0 Å². The Kier molecular flexibility index (Phi) is 3.06. The van der Waals surface area contributed by atoms with Crippen LogP contribution < -0.4 is 11.1 Å². The predicted molar refractivity (Wildman–Crippen MR) is 63.7 cm³/mol. The average Bonchev–Trinajstić information content (AvgIpc) is 2.71. The molecule has 2 aromatic rings. The molecule has 3 N–H and O–H groups in total. The third kappa shape index (κ3) is 2.26. The van der Waals surface area contributed by atoms with E-state index in [4.69, 9.17) is 5.73 Å². The highest BCUT2D eigenvalue weighted by atomic mass is 16.1. The van der Waals surface area contributed by atoms with Crippen LogP contribution in [0.2, 0.25) is 0 Å². The zero-order valence-electron chi connectivity index (χ0n) is 9.84. The molecule has 0 aliphatic heterocycles. The molecule has 0 saturated heterocycles. The van der Waals surface area contributed by atoms with E-state index in [9.17, 15) is 4.79 Å². The van der Waals surface area contributed by atoms with Crippen molar-refractivity contribution < 1.29 is 4.79 Å². The Bertz CT molecular complexity index is 548. The molecule has 90 valence electrons. The number of aromatic nitrogens is 3. The van der Waals surface area contributed by atoms with Gasteiger partial charge in [-0.3, -0.25) is 4.79 Å². The molecule has 0 spiro atoms. The summed E-state index contributed by atoms with van der Waals surface area (Å²) in [5, 5.41) is 6.86. The first-order chi connectivity index (χ1) is 8.11. The fourth-order valence-corrected chi connectivity index (χ4v) is 1.48. The predicted octanol–water partition coefficient (Wildman–Crippen LogP) is 0.115. The fourth-order valence-electron chi connectivity index (χ4n) is 1.48. The molecular weight excluding hydrogens is 218 g/mol. The van der Waals surface area contributed by atoms with Crippen LogP contribution in [0.3, 0.4) is 0 Å². The van der Waals surface area contributed by atoms with Crippen LogP contribution in [-0.2, 0) is 0 Å². The lowest BCUT2D eigenvalue weighted by atomic mass is 10.2. The zero-order valence-corrected chi connectivity index (χ0v) is 9.84. The molecule has 0 unspecified atom stereocenters. The van der Waals surface area contributed by atoms with Gasteiger partial charge in [0.05, 0.1) is 6.20 Å². The quantitative estimate of drug-likeness (QED) is 0.788. The normalized spacial score (nSPS) is 12.6. The molecule has 0 fully saturated rings. The van der Waals surface area contributed by atoms with E-state index in [-0.39, 0.29) is 11.9 Å². The number of nitrogens with zero attached hydrogens (tertiary/aromatic N) is 3. The van der Waals surface area contributed by atoms with Gasteiger partial charge in [-0.05, 0) is 19.9 Å². The highest BCUT2D eigenvalue weighted by Crippen LogP contribution is 2.08. The number of rotatable bonds is 3. The lowest BCUT2D eigenvalue weighted by Gasteiger charge is -2.09. The molecule has 6 heteroatoms. The standard InChI is InChI=1S/C11H15N5O/c1-7-3-4-16-10(14-7)9(6-13-16)11(17)15-8(2)5-12/h3-4,6,8H,5,12H2,1-2H3,(H,15,17)/t8-/m0/s1. The first kappa shape index (κ1) is 11.5. The van der Waals surface area contributed by atoms with E-state index >= 15 is 0 Å². The Labute approximate surface area is 98.8 Å². The van der Waals surface area contributed by atoms with E-state index in [0.717, 1.165) is 5.69 Å². The van der Waals surface area contributed by atoms with E-state index in [1.165, 1.54) is 6.20 Å². The van der Waals surface area contributed by atoms with Crippen LogP contribution in [0.25, 0.3) is 5.65 Å². The molecule has 0 saturated carbocycles. The SMILES string of the molecule is Cc1ccn2ncc(C(=O)N[C@@H](C)CN)c2n1. The summed E-state index contributed by atoms with van der Waals surface area (Å²) in [4.78, 5) is 16.2. The summed E-state index contributed by atoms with van der Waals surface area (Å²) in [5.41, 5.74) is 7.33. The summed E-state index contributed by atoms with van der Waals surface area (Å²) >= 11 is 0. The van der Waals surface area contributed by atoms with Crippen LogP contribution in [0, 0.1) is 6.92 Å². The molecule has 0 bridgehead atoms. The summed E-state index contributed by atoms with van der Waals surface area (Å²) in [7, 11) is 0.